The summed E-state index contributed by atoms with van der Waals surface area (Å²) in [4.78, 5) is 42.8. The Labute approximate surface area is 189 Å². The van der Waals surface area contributed by atoms with Crippen LogP contribution in [0.5, 0.6) is 0 Å². The second kappa shape index (κ2) is 9.28. The van der Waals surface area contributed by atoms with Crippen LogP contribution in [0.15, 0.2) is 45.3 Å². The number of piperazine rings is 1. The lowest BCUT2D eigenvalue weighted by Crippen LogP contribution is -2.50. The van der Waals surface area contributed by atoms with E-state index >= 15 is 0 Å². The molecule has 32 heavy (non-hydrogen) atoms. The van der Waals surface area contributed by atoms with Gasteiger partial charge >= 0.3 is 5.69 Å². The first-order valence-corrected chi connectivity index (χ1v) is 11.7. The molecule has 0 saturated carbocycles. The van der Waals surface area contributed by atoms with Crippen molar-refractivity contribution in [2.24, 2.45) is 5.92 Å². The highest BCUT2D eigenvalue weighted by atomic mass is 32.1. The minimum Gasteiger partial charge on any atom is -0.368 e. The normalized spacial score (nSPS) is 14.5. The number of anilines is 1. The predicted molar refractivity (Wildman–Crippen MR) is 125 cm³/mol. The number of nitrogens with zero attached hydrogens (tertiary/aromatic N) is 4. The van der Waals surface area contributed by atoms with E-state index in [4.69, 9.17) is 0 Å². The maximum atomic E-state index is 13.2. The van der Waals surface area contributed by atoms with Gasteiger partial charge in [0.1, 0.15) is 17.1 Å². The molecule has 1 saturated heterocycles. The van der Waals surface area contributed by atoms with Crippen molar-refractivity contribution in [2.75, 3.05) is 31.1 Å². The molecule has 170 valence electrons. The number of fused-ring (bicyclic) bond motifs is 1. The van der Waals surface area contributed by atoms with Gasteiger partial charge in [0.2, 0.25) is 5.91 Å². The number of thiophene rings is 1. The summed E-state index contributed by atoms with van der Waals surface area (Å²) in [5.74, 6) is -0.0669. The molecule has 3 aromatic rings. The SMILES string of the molecule is CC(C)CCn1c(=O)c2sccc2n(CC(=O)N2CCN(c3ccc(F)cc3)CC2)c1=O. The third-order valence-corrected chi connectivity index (χ3v) is 6.78. The Bertz CT molecular complexity index is 1220. The van der Waals surface area contributed by atoms with E-state index in [1.165, 1.54) is 32.6 Å². The van der Waals surface area contributed by atoms with Gasteiger partial charge in [-0.25, -0.2) is 9.18 Å². The number of rotatable bonds is 6. The van der Waals surface area contributed by atoms with Gasteiger partial charge in [0.15, 0.2) is 0 Å². The number of aromatic nitrogens is 2. The van der Waals surface area contributed by atoms with E-state index in [0.29, 0.717) is 55.3 Å². The molecule has 0 N–H and O–H groups in total. The van der Waals surface area contributed by atoms with Crippen molar-refractivity contribution < 1.29 is 9.18 Å². The van der Waals surface area contributed by atoms with Crippen LogP contribution in [0.2, 0.25) is 0 Å². The quantitative estimate of drug-likeness (QED) is 0.570. The molecule has 1 aromatic carbocycles. The van der Waals surface area contributed by atoms with Gasteiger partial charge in [-0.2, -0.15) is 0 Å². The fourth-order valence-corrected chi connectivity index (χ4v) is 4.81. The number of benzene rings is 1. The van der Waals surface area contributed by atoms with Crippen LogP contribution in [-0.2, 0) is 17.9 Å². The largest absolute Gasteiger partial charge is 0.368 e. The van der Waals surface area contributed by atoms with Crippen molar-refractivity contribution in [3.05, 3.63) is 62.4 Å². The molecule has 0 spiro atoms. The second-order valence-electron chi connectivity index (χ2n) is 8.49. The number of halogens is 1. The highest BCUT2D eigenvalue weighted by Gasteiger charge is 2.23. The van der Waals surface area contributed by atoms with Gasteiger partial charge in [-0.15, -0.1) is 11.3 Å². The third-order valence-electron chi connectivity index (χ3n) is 5.88. The standard InChI is InChI=1S/C23H27FN4O3S/c1-16(2)7-9-27-22(30)21-19(8-14-32-21)28(23(27)31)15-20(29)26-12-10-25(11-13-26)18-5-3-17(24)4-6-18/h3-6,8,14,16H,7,9-13,15H2,1-2H3. The lowest BCUT2D eigenvalue weighted by Gasteiger charge is -2.36. The molecule has 1 aliphatic heterocycles. The van der Waals surface area contributed by atoms with Gasteiger partial charge in [0, 0.05) is 38.4 Å². The monoisotopic (exact) mass is 458 g/mol. The maximum absolute atomic E-state index is 13.2. The lowest BCUT2D eigenvalue weighted by molar-refractivity contribution is -0.132. The molecule has 4 rings (SSSR count). The van der Waals surface area contributed by atoms with Crippen LogP contribution in [0.3, 0.4) is 0 Å². The van der Waals surface area contributed by atoms with Crippen LogP contribution in [0.4, 0.5) is 10.1 Å². The summed E-state index contributed by atoms with van der Waals surface area (Å²) in [5, 5.41) is 1.78. The van der Waals surface area contributed by atoms with Crippen molar-refractivity contribution in [3.8, 4) is 0 Å². The van der Waals surface area contributed by atoms with Crippen LogP contribution in [0.1, 0.15) is 20.3 Å². The van der Waals surface area contributed by atoms with Crippen LogP contribution in [0, 0.1) is 11.7 Å². The first-order valence-electron chi connectivity index (χ1n) is 10.8. The molecule has 1 fully saturated rings. The molecular formula is C23H27FN4O3S. The van der Waals surface area contributed by atoms with E-state index in [1.807, 2.05) is 13.8 Å². The van der Waals surface area contributed by atoms with Crippen molar-refractivity contribution in [3.63, 3.8) is 0 Å². The molecule has 3 heterocycles. The Kier molecular flexibility index (Phi) is 6.45. The number of carbonyl (C=O) groups excluding carboxylic acids is 1. The zero-order valence-electron chi connectivity index (χ0n) is 18.3. The van der Waals surface area contributed by atoms with E-state index in [1.54, 1.807) is 28.5 Å². The third kappa shape index (κ3) is 4.48. The fraction of sp³-hybridized carbons (Fsp3) is 0.435. The van der Waals surface area contributed by atoms with Crippen molar-refractivity contribution in [2.45, 2.75) is 33.4 Å². The molecule has 9 heteroatoms. The zero-order valence-corrected chi connectivity index (χ0v) is 19.1. The van der Waals surface area contributed by atoms with E-state index < -0.39 is 5.69 Å². The molecule has 7 nitrogen and oxygen atoms in total. The van der Waals surface area contributed by atoms with Gasteiger partial charge < -0.3 is 9.80 Å². The molecule has 0 unspecified atom stereocenters. The number of carbonyl (C=O) groups is 1. The number of amides is 1. The highest BCUT2D eigenvalue weighted by Crippen LogP contribution is 2.18. The molecule has 1 aliphatic rings. The highest BCUT2D eigenvalue weighted by molar-refractivity contribution is 7.17. The van der Waals surface area contributed by atoms with E-state index in [2.05, 4.69) is 4.90 Å². The Morgan fingerprint density at radius 2 is 1.72 bits per heavy atom. The summed E-state index contributed by atoms with van der Waals surface area (Å²) in [6.45, 7) is 6.64. The predicted octanol–water partition coefficient (Wildman–Crippen LogP) is 2.76. The van der Waals surface area contributed by atoms with Gasteiger partial charge in [-0.05, 0) is 48.1 Å². The van der Waals surface area contributed by atoms with Crippen LogP contribution >= 0.6 is 11.3 Å². The molecular weight excluding hydrogens is 431 g/mol. The Balaban J connectivity index is 1.51. The fourth-order valence-electron chi connectivity index (χ4n) is 3.97. The summed E-state index contributed by atoms with van der Waals surface area (Å²) < 4.78 is 16.4. The molecule has 0 atom stereocenters. The molecule has 2 aromatic heterocycles. The van der Waals surface area contributed by atoms with Gasteiger partial charge in [0.25, 0.3) is 5.56 Å². The Morgan fingerprint density at radius 1 is 1.03 bits per heavy atom. The molecule has 0 radical (unpaired) electrons. The topological polar surface area (TPSA) is 67.6 Å². The summed E-state index contributed by atoms with van der Waals surface area (Å²) in [5.41, 5.74) is 0.730. The number of hydrogen-bond donors (Lipinski definition) is 0. The van der Waals surface area contributed by atoms with E-state index in [-0.39, 0.29) is 23.8 Å². The minimum atomic E-state index is -0.431. The summed E-state index contributed by atoms with van der Waals surface area (Å²) in [7, 11) is 0. The maximum Gasteiger partial charge on any atom is 0.332 e. The van der Waals surface area contributed by atoms with Crippen molar-refractivity contribution in [1.29, 1.82) is 0 Å². The molecule has 1 amide bonds. The Hall–Kier alpha value is -2.94. The lowest BCUT2D eigenvalue weighted by atomic mass is 10.1. The van der Waals surface area contributed by atoms with Gasteiger partial charge in [-0.1, -0.05) is 13.8 Å². The van der Waals surface area contributed by atoms with Crippen molar-refractivity contribution in [1.82, 2.24) is 14.0 Å². The smallest absolute Gasteiger partial charge is 0.332 e. The second-order valence-corrected chi connectivity index (χ2v) is 9.40. The average molecular weight is 459 g/mol. The van der Waals surface area contributed by atoms with E-state index in [9.17, 15) is 18.8 Å². The first kappa shape index (κ1) is 22.3. The summed E-state index contributed by atoms with van der Waals surface area (Å²) in [6, 6.07) is 8.06. The first-order chi connectivity index (χ1) is 15.3. The van der Waals surface area contributed by atoms with Crippen LogP contribution < -0.4 is 16.1 Å². The van der Waals surface area contributed by atoms with Crippen LogP contribution in [0.25, 0.3) is 10.2 Å². The molecule has 0 aliphatic carbocycles. The molecule has 0 bridgehead atoms. The summed E-state index contributed by atoms with van der Waals surface area (Å²) >= 11 is 1.30. The van der Waals surface area contributed by atoms with Gasteiger partial charge in [-0.3, -0.25) is 18.7 Å². The van der Waals surface area contributed by atoms with E-state index in [0.717, 1.165) is 5.69 Å². The van der Waals surface area contributed by atoms with Crippen molar-refractivity contribution >= 4 is 33.1 Å². The average Bonchev–Trinajstić information content (AvgIpc) is 3.27. The zero-order chi connectivity index (χ0) is 22.8. The summed E-state index contributed by atoms with van der Waals surface area (Å²) in [6.07, 6.45) is 0.714. The Morgan fingerprint density at radius 3 is 2.38 bits per heavy atom. The minimum absolute atomic E-state index is 0.0927. The van der Waals surface area contributed by atoms with Crippen LogP contribution in [-0.4, -0.2) is 46.1 Å². The number of hydrogen-bond acceptors (Lipinski definition) is 5. The van der Waals surface area contributed by atoms with Gasteiger partial charge in [0.05, 0.1) is 5.52 Å².